The Hall–Kier alpha value is -4.24. The minimum absolute atomic E-state index is 0.463. The Morgan fingerprint density at radius 3 is 2.88 bits per heavy atom. The van der Waals surface area contributed by atoms with Gasteiger partial charge in [0.15, 0.2) is 0 Å². The largest absolute Gasteiger partial charge is 0.457 e. The molecular weight excluding hydrogens is 418 g/mol. The minimum atomic E-state index is 0.463. The van der Waals surface area contributed by atoms with E-state index < -0.39 is 0 Å². The van der Waals surface area contributed by atoms with Crippen LogP contribution >= 0.6 is 0 Å². The van der Waals surface area contributed by atoms with Crippen LogP contribution in [0.15, 0.2) is 65.9 Å². The predicted molar refractivity (Wildman–Crippen MR) is 126 cm³/mol. The van der Waals surface area contributed by atoms with Gasteiger partial charge in [-0.15, -0.1) is 0 Å². The summed E-state index contributed by atoms with van der Waals surface area (Å²) in [5, 5.41) is 6.39. The van der Waals surface area contributed by atoms with Gasteiger partial charge >= 0.3 is 0 Å². The molecule has 3 heterocycles. The standard InChI is InChI=1S/C24H23N7O2/c1-15-8-16(4-7-22(15)33-18-5-6-21-20(9-18)28-14-31(21)3)29-23-19(11-26-13-27-23)24-30-17(10-25-2)12-32-24/h4-9,11-14,25H,10H2,1-3H3,(H,26,27,29). The fraction of sp³-hybridized carbons (Fsp3) is 0.167. The van der Waals surface area contributed by atoms with Gasteiger partial charge in [-0.2, -0.15) is 0 Å². The van der Waals surface area contributed by atoms with E-state index >= 15 is 0 Å². The van der Waals surface area contributed by atoms with Crippen LogP contribution in [0.25, 0.3) is 22.5 Å². The van der Waals surface area contributed by atoms with E-state index in [9.17, 15) is 0 Å². The normalized spacial score (nSPS) is 11.1. The van der Waals surface area contributed by atoms with Crippen molar-refractivity contribution in [2.24, 2.45) is 7.05 Å². The average Bonchev–Trinajstić information content (AvgIpc) is 3.43. The Balaban J connectivity index is 1.36. The van der Waals surface area contributed by atoms with Gasteiger partial charge < -0.3 is 24.4 Å². The summed E-state index contributed by atoms with van der Waals surface area (Å²) in [5.74, 6) is 2.58. The lowest BCUT2D eigenvalue weighted by Gasteiger charge is -2.12. The highest BCUT2D eigenvalue weighted by Crippen LogP contribution is 2.32. The zero-order valence-corrected chi connectivity index (χ0v) is 18.5. The number of oxazole rings is 1. The Kier molecular flexibility index (Phi) is 5.45. The third kappa shape index (κ3) is 4.26. The second kappa shape index (κ2) is 8.71. The van der Waals surface area contributed by atoms with Gasteiger partial charge in [0.05, 0.1) is 28.6 Å². The number of aromatic nitrogens is 5. The smallest absolute Gasteiger partial charge is 0.231 e. The van der Waals surface area contributed by atoms with Gasteiger partial charge in [-0.1, -0.05) is 0 Å². The van der Waals surface area contributed by atoms with Crippen LogP contribution in [-0.2, 0) is 13.6 Å². The van der Waals surface area contributed by atoms with Crippen LogP contribution in [-0.4, -0.2) is 31.6 Å². The molecule has 0 fully saturated rings. The van der Waals surface area contributed by atoms with Crippen LogP contribution in [0.1, 0.15) is 11.3 Å². The molecule has 3 aromatic heterocycles. The summed E-state index contributed by atoms with van der Waals surface area (Å²) in [6.45, 7) is 2.62. The second-order valence-electron chi connectivity index (χ2n) is 7.67. The van der Waals surface area contributed by atoms with E-state index in [4.69, 9.17) is 9.15 Å². The second-order valence-corrected chi connectivity index (χ2v) is 7.67. The fourth-order valence-electron chi connectivity index (χ4n) is 3.56. The zero-order chi connectivity index (χ0) is 22.8. The van der Waals surface area contributed by atoms with E-state index in [1.54, 1.807) is 18.8 Å². The van der Waals surface area contributed by atoms with Gasteiger partial charge in [0.1, 0.15) is 29.9 Å². The van der Waals surface area contributed by atoms with Crippen molar-refractivity contribution in [1.82, 2.24) is 29.8 Å². The molecule has 0 aliphatic carbocycles. The lowest BCUT2D eigenvalue weighted by molar-refractivity contribution is 0.479. The van der Waals surface area contributed by atoms with Gasteiger partial charge in [0.2, 0.25) is 5.89 Å². The summed E-state index contributed by atoms with van der Waals surface area (Å²) in [6.07, 6.45) is 6.59. The highest BCUT2D eigenvalue weighted by Gasteiger charge is 2.14. The molecule has 2 N–H and O–H groups in total. The monoisotopic (exact) mass is 441 g/mol. The first-order chi connectivity index (χ1) is 16.1. The molecule has 2 aromatic carbocycles. The molecule has 0 aliphatic rings. The summed E-state index contributed by atoms with van der Waals surface area (Å²) >= 11 is 0. The Morgan fingerprint density at radius 2 is 2.03 bits per heavy atom. The highest BCUT2D eigenvalue weighted by molar-refractivity contribution is 5.77. The van der Waals surface area contributed by atoms with Crippen molar-refractivity contribution >= 4 is 22.5 Å². The summed E-state index contributed by atoms with van der Waals surface area (Å²) in [6, 6.07) is 11.8. The van der Waals surface area contributed by atoms with Crippen molar-refractivity contribution in [3.8, 4) is 23.0 Å². The van der Waals surface area contributed by atoms with Crippen molar-refractivity contribution in [2.45, 2.75) is 13.5 Å². The predicted octanol–water partition coefficient (Wildman–Crippen LogP) is 4.58. The van der Waals surface area contributed by atoms with Crippen molar-refractivity contribution in [3.63, 3.8) is 0 Å². The summed E-state index contributed by atoms with van der Waals surface area (Å²) in [5.41, 5.74) is 5.28. The van der Waals surface area contributed by atoms with Crippen molar-refractivity contribution in [3.05, 3.63) is 72.8 Å². The molecule has 0 spiro atoms. The first-order valence-corrected chi connectivity index (χ1v) is 10.5. The number of nitrogens with zero attached hydrogens (tertiary/aromatic N) is 5. The number of nitrogens with one attached hydrogen (secondary N) is 2. The summed E-state index contributed by atoms with van der Waals surface area (Å²) in [7, 11) is 3.83. The maximum Gasteiger partial charge on any atom is 0.231 e. The molecule has 5 aromatic rings. The summed E-state index contributed by atoms with van der Waals surface area (Å²) < 4.78 is 13.7. The number of aryl methyl sites for hydroxylation is 2. The molecule has 0 bridgehead atoms. The zero-order valence-electron chi connectivity index (χ0n) is 18.5. The van der Waals surface area contributed by atoms with Crippen LogP contribution in [0.4, 0.5) is 11.5 Å². The number of ether oxygens (including phenoxy) is 1. The molecule has 0 saturated heterocycles. The molecule has 0 saturated carbocycles. The number of hydrogen-bond donors (Lipinski definition) is 2. The van der Waals surface area contributed by atoms with Gasteiger partial charge in [-0.3, -0.25) is 0 Å². The molecule has 5 rings (SSSR count). The Bertz CT molecular complexity index is 1420. The van der Waals surface area contributed by atoms with E-state index in [0.29, 0.717) is 23.8 Å². The first kappa shape index (κ1) is 20.7. The quantitative estimate of drug-likeness (QED) is 0.378. The van der Waals surface area contributed by atoms with Crippen LogP contribution in [0.5, 0.6) is 11.5 Å². The van der Waals surface area contributed by atoms with Crippen molar-refractivity contribution in [1.29, 1.82) is 0 Å². The number of imidazole rings is 1. The molecule has 0 atom stereocenters. The van der Waals surface area contributed by atoms with Gasteiger partial charge in [0, 0.05) is 31.5 Å². The fourth-order valence-corrected chi connectivity index (χ4v) is 3.56. The van der Waals surface area contributed by atoms with Gasteiger partial charge in [-0.05, 0) is 49.9 Å². The first-order valence-electron chi connectivity index (χ1n) is 10.5. The van der Waals surface area contributed by atoms with E-state index in [1.807, 2.05) is 62.0 Å². The molecule has 33 heavy (non-hydrogen) atoms. The molecule has 0 aliphatic heterocycles. The van der Waals surface area contributed by atoms with Gasteiger partial charge in [0.25, 0.3) is 0 Å². The number of rotatable bonds is 7. The molecule has 0 amide bonds. The van der Waals surface area contributed by atoms with Gasteiger partial charge in [-0.25, -0.2) is 19.9 Å². The van der Waals surface area contributed by atoms with E-state index in [1.165, 1.54) is 6.33 Å². The molecular formula is C24H23N7O2. The molecule has 0 unspecified atom stereocenters. The third-order valence-electron chi connectivity index (χ3n) is 5.21. The lowest BCUT2D eigenvalue weighted by atomic mass is 10.2. The third-order valence-corrected chi connectivity index (χ3v) is 5.21. The van der Waals surface area contributed by atoms with Crippen LogP contribution in [0.2, 0.25) is 0 Å². The van der Waals surface area contributed by atoms with E-state index in [0.717, 1.165) is 39.5 Å². The molecule has 0 radical (unpaired) electrons. The number of hydrogen-bond acceptors (Lipinski definition) is 8. The van der Waals surface area contributed by atoms with Crippen LogP contribution in [0.3, 0.4) is 0 Å². The SMILES string of the molecule is CNCc1coc(-c2cncnc2Nc2ccc(Oc3ccc4c(c3)ncn4C)c(C)c2)n1. The molecule has 9 nitrogen and oxygen atoms in total. The molecule has 166 valence electrons. The minimum Gasteiger partial charge on any atom is -0.457 e. The van der Waals surface area contributed by atoms with E-state index in [2.05, 4.69) is 30.6 Å². The average molecular weight is 441 g/mol. The Morgan fingerprint density at radius 1 is 1.12 bits per heavy atom. The topological polar surface area (TPSA) is 103 Å². The van der Waals surface area contributed by atoms with Crippen molar-refractivity contribution < 1.29 is 9.15 Å². The lowest BCUT2D eigenvalue weighted by Crippen LogP contribution is -2.05. The molecule has 9 heteroatoms. The summed E-state index contributed by atoms with van der Waals surface area (Å²) in [4.78, 5) is 17.4. The van der Waals surface area contributed by atoms with Crippen LogP contribution < -0.4 is 15.4 Å². The van der Waals surface area contributed by atoms with Crippen molar-refractivity contribution in [2.75, 3.05) is 12.4 Å². The maximum atomic E-state index is 6.12. The Labute approximate surface area is 190 Å². The number of fused-ring (bicyclic) bond motifs is 1. The highest BCUT2D eigenvalue weighted by atomic mass is 16.5. The van der Waals surface area contributed by atoms with E-state index in [-0.39, 0.29) is 0 Å². The maximum absolute atomic E-state index is 6.12. The number of anilines is 2. The number of benzene rings is 2. The van der Waals surface area contributed by atoms with Crippen LogP contribution in [0, 0.1) is 6.92 Å².